The summed E-state index contributed by atoms with van der Waals surface area (Å²) in [7, 11) is 0. The Balaban J connectivity index is 2.01. The molecule has 1 aromatic heterocycles. The number of thioether (sulfide) groups is 1. The monoisotopic (exact) mass is 328 g/mol. The number of rotatable bonds is 5. The maximum atomic E-state index is 12.3. The van der Waals surface area contributed by atoms with Crippen molar-refractivity contribution in [1.29, 1.82) is 0 Å². The van der Waals surface area contributed by atoms with Crippen molar-refractivity contribution in [3.63, 3.8) is 0 Å². The zero-order chi connectivity index (χ0) is 15.6. The number of hydrogen-bond acceptors (Lipinski definition) is 6. The van der Waals surface area contributed by atoms with Crippen LogP contribution in [0.2, 0.25) is 0 Å². The summed E-state index contributed by atoms with van der Waals surface area (Å²) in [5, 5.41) is 12.2. The van der Waals surface area contributed by atoms with E-state index in [9.17, 15) is 9.59 Å². The molecule has 1 aliphatic heterocycles. The molecule has 1 N–H and O–H groups in total. The quantitative estimate of drug-likeness (QED) is 0.837. The van der Waals surface area contributed by atoms with Gasteiger partial charge in [0.25, 0.3) is 0 Å². The molecule has 0 saturated carbocycles. The molecular weight excluding hydrogens is 308 g/mol. The molecule has 0 aliphatic carbocycles. The maximum Gasteiger partial charge on any atom is 0.249 e. The lowest BCUT2D eigenvalue weighted by Crippen LogP contribution is -2.47. The minimum Gasteiger partial charge on any atom is -0.318 e. The maximum absolute atomic E-state index is 12.3. The fraction of sp³-hybridized carbons (Fsp3) is 0.692. The van der Waals surface area contributed by atoms with Gasteiger partial charge in [-0.25, -0.2) is 0 Å². The molecule has 0 spiro atoms. The first-order valence-electron chi connectivity index (χ1n) is 6.84. The topological polar surface area (TPSA) is 75.2 Å². The van der Waals surface area contributed by atoms with Crippen LogP contribution in [0.4, 0.5) is 5.13 Å². The van der Waals surface area contributed by atoms with Gasteiger partial charge in [0, 0.05) is 12.2 Å². The lowest BCUT2D eigenvalue weighted by molar-refractivity contribution is -0.130. The largest absolute Gasteiger partial charge is 0.318 e. The SMILES string of the molecule is CC(C)Cc1nnc(NC(=O)C2CSC(C)(C)N2C=O)s1. The van der Waals surface area contributed by atoms with E-state index in [1.54, 1.807) is 16.7 Å². The molecule has 2 amide bonds. The molecule has 8 heteroatoms. The lowest BCUT2D eigenvalue weighted by atomic mass is 10.1. The Hall–Kier alpha value is -1.15. The number of nitrogens with one attached hydrogen (secondary N) is 1. The normalized spacial score (nSPS) is 20.8. The number of anilines is 1. The summed E-state index contributed by atoms with van der Waals surface area (Å²) in [5.41, 5.74) is 0. The molecule has 1 fully saturated rings. The molecular formula is C13H20N4O2S2. The van der Waals surface area contributed by atoms with Gasteiger partial charge in [-0.15, -0.1) is 22.0 Å². The van der Waals surface area contributed by atoms with Crippen LogP contribution >= 0.6 is 23.1 Å². The summed E-state index contributed by atoms with van der Waals surface area (Å²) >= 11 is 2.98. The average molecular weight is 328 g/mol. The van der Waals surface area contributed by atoms with E-state index in [0.717, 1.165) is 17.8 Å². The van der Waals surface area contributed by atoms with Crippen LogP contribution in [0.25, 0.3) is 0 Å². The predicted molar refractivity (Wildman–Crippen MR) is 85.3 cm³/mol. The third-order valence-electron chi connectivity index (χ3n) is 3.25. The zero-order valence-electron chi connectivity index (χ0n) is 12.6. The summed E-state index contributed by atoms with van der Waals surface area (Å²) < 4.78 is 0. The fourth-order valence-corrected chi connectivity index (χ4v) is 4.29. The molecule has 0 bridgehead atoms. The molecule has 21 heavy (non-hydrogen) atoms. The summed E-state index contributed by atoms with van der Waals surface area (Å²) in [4.78, 5) is 24.7. The standard InChI is InChI=1S/C13H20N4O2S2/c1-8(2)5-10-15-16-12(21-10)14-11(19)9-6-20-13(3,4)17(9)7-18/h7-9H,5-6H2,1-4H3,(H,14,16,19). The molecule has 116 valence electrons. The smallest absolute Gasteiger partial charge is 0.249 e. The van der Waals surface area contributed by atoms with Gasteiger partial charge in [-0.2, -0.15) is 0 Å². The average Bonchev–Trinajstić information content (AvgIpc) is 2.92. The van der Waals surface area contributed by atoms with E-state index < -0.39 is 6.04 Å². The third-order valence-corrected chi connectivity index (χ3v) is 5.51. The van der Waals surface area contributed by atoms with Gasteiger partial charge in [0.1, 0.15) is 11.0 Å². The summed E-state index contributed by atoms with van der Waals surface area (Å²) in [6.07, 6.45) is 1.59. The van der Waals surface area contributed by atoms with E-state index in [2.05, 4.69) is 29.4 Å². The first-order chi connectivity index (χ1) is 9.83. The highest BCUT2D eigenvalue weighted by Crippen LogP contribution is 2.37. The Morgan fingerprint density at radius 3 is 2.86 bits per heavy atom. The van der Waals surface area contributed by atoms with Crippen molar-refractivity contribution in [3.8, 4) is 0 Å². The highest BCUT2D eigenvalue weighted by Gasteiger charge is 2.43. The Bertz CT molecular complexity index is 530. The van der Waals surface area contributed by atoms with E-state index in [1.165, 1.54) is 11.3 Å². The molecule has 1 unspecified atom stereocenters. The highest BCUT2D eigenvalue weighted by molar-refractivity contribution is 8.00. The van der Waals surface area contributed by atoms with Crippen LogP contribution in [0, 0.1) is 5.92 Å². The van der Waals surface area contributed by atoms with Crippen LogP contribution < -0.4 is 5.32 Å². The number of carbonyl (C=O) groups excluding carboxylic acids is 2. The van der Waals surface area contributed by atoms with Crippen LogP contribution in [-0.4, -0.2) is 44.1 Å². The second-order valence-electron chi connectivity index (χ2n) is 5.87. The van der Waals surface area contributed by atoms with Crippen LogP contribution in [0.5, 0.6) is 0 Å². The van der Waals surface area contributed by atoms with Crippen molar-refractivity contribution in [2.75, 3.05) is 11.1 Å². The molecule has 1 aliphatic rings. The molecule has 0 aromatic carbocycles. The van der Waals surface area contributed by atoms with Crippen LogP contribution in [0.1, 0.15) is 32.7 Å². The number of amides is 2. The van der Waals surface area contributed by atoms with Gasteiger partial charge < -0.3 is 4.90 Å². The van der Waals surface area contributed by atoms with E-state index >= 15 is 0 Å². The van der Waals surface area contributed by atoms with Crippen LogP contribution in [-0.2, 0) is 16.0 Å². The molecule has 6 nitrogen and oxygen atoms in total. The molecule has 2 rings (SSSR count). The Morgan fingerprint density at radius 1 is 1.52 bits per heavy atom. The molecule has 1 aromatic rings. The highest BCUT2D eigenvalue weighted by atomic mass is 32.2. The first kappa shape index (κ1) is 16.2. The van der Waals surface area contributed by atoms with E-state index in [0.29, 0.717) is 16.8 Å². The number of nitrogens with zero attached hydrogens (tertiary/aromatic N) is 3. The first-order valence-corrected chi connectivity index (χ1v) is 8.64. The van der Waals surface area contributed by atoms with E-state index in [1.807, 2.05) is 13.8 Å². The van der Waals surface area contributed by atoms with E-state index in [-0.39, 0.29) is 10.8 Å². The molecule has 2 heterocycles. The summed E-state index contributed by atoms with van der Waals surface area (Å²) in [5.74, 6) is 0.890. The van der Waals surface area contributed by atoms with Gasteiger partial charge in [0.15, 0.2) is 0 Å². The fourth-order valence-electron chi connectivity index (χ4n) is 2.14. The molecule has 0 radical (unpaired) electrons. The Labute approximate surface area is 132 Å². The van der Waals surface area contributed by atoms with Crippen molar-refractivity contribution >= 4 is 40.5 Å². The van der Waals surface area contributed by atoms with Gasteiger partial charge in [0.05, 0.1) is 4.87 Å². The van der Waals surface area contributed by atoms with Crippen molar-refractivity contribution in [2.45, 2.75) is 45.0 Å². The molecule has 1 saturated heterocycles. The van der Waals surface area contributed by atoms with Crippen molar-refractivity contribution in [3.05, 3.63) is 5.01 Å². The minimum atomic E-state index is -0.458. The second kappa shape index (κ2) is 6.31. The van der Waals surface area contributed by atoms with Crippen LogP contribution in [0.15, 0.2) is 0 Å². The van der Waals surface area contributed by atoms with Crippen molar-refractivity contribution < 1.29 is 9.59 Å². The summed E-state index contributed by atoms with van der Waals surface area (Å²) in [6.45, 7) is 8.09. The Morgan fingerprint density at radius 2 is 2.24 bits per heavy atom. The van der Waals surface area contributed by atoms with Gasteiger partial charge >= 0.3 is 0 Å². The number of carbonyl (C=O) groups is 2. The third kappa shape index (κ3) is 3.74. The van der Waals surface area contributed by atoms with Crippen molar-refractivity contribution in [1.82, 2.24) is 15.1 Å². The number of aromatic nitrogens is 2. The minimum absolute atomic E-state index is 0.201. The second-order valence-corrected chi connectivity index (χ2v) is 8.56. The van der Waals surface area contributed by atoms with Gasteiger partial charge in [-0.05, 0) is 19.8 Å². The van der Waals surface area contributed by atoms with E-state index in [4.69, 9.17) is 0 Å². The predicted octanol–water partition coefficient (Wildman–Crippen LogP) is 1.98. The zero-order valence-corrected chi connectivity index (χ0v) is 14.3. The van der Waals surface area contributed by atoms with Crippen LogP contribution in [0.3, 0.4) is 0 Å². The Kier molecular flexibility index (Phi) is 4.88. The van der Waals surface area contributed by atoms with Gasteiger partial charge in [-0.3, -0.25) is 14.9 Å². The van der Waals surface area contributed by atoms with Gasteiger partial charge in [0.2, 0.25) is 17.4 Å². The molecule has 1 atom stereocenters. The van der Waals surface area contributed by atoms with Crippen molar-refractivity contribution in [2.24, 2.45) is 5.92 Å². The van der Waals surface area contributed by atoms with Gasteiger partial charge in [-0.1, -0.05) is 25.2 Å². The number of hydrogen-bond donors (Lipinski definition) is 1. The summed E-state index contributed by atoms with van der Waals surface area (Å²) in [6, 6.07) is -0.458. The lowest BCUT2D eigenvalue weighted by Gasteiger charge is -2.29.